The number of nitrogens with one attached hydrogen (secondary N) is 1. The average Bonchev–Trinajstić information content (AvgIpc) is 2.76. The predicted octanol–water partition coefficient (Wildman–Crippen LogP) is 2.55. The Kier molecular flexibility index (Phi) is 7.59. The van der Waals surface area contributed by atoms with E-state index < -0.39 is 0 Å². The molecule has 30 heavy (non-hydrogen) atoms. The smallest absolute Gasteiger partial charge is 0.258 e. The molecule has 0 bridgehead atoms. The van der Waals surface area contributed by atoms with Crippen LogP contribution >= 0.6 is 0 Å². The first-order chi connectivity index (χ1) is 14.5. The van der Waals surface area contributed by atoms with Gasteiger partial charge >= 0.3 is 0 Å². The molecule has 0 saturated carbocycles. The third kappa shape index (κ3) is 6.43. The number of nitrogens with zero attached hydrogens (tertiary/aromatic N) is 3. The summed E-state index contributed by atoms with van der Waals surface area (Å²) in [6.45, 7) is 5.89. The van der Waals surface area contributed by atoms with E-state index in [0.29, 0.717) is 36.2 Å². The minimum Gasteiger partial charge on any atom is -0.484 e. The van der Waals surface area contributed by atoms with Crippen molar-refractivity contribution < 1.29 is 19.1 Å². The fraction of sp³-hybridized carbons (Fsp3) is 0.455. The van der Waals surface area contributed by atoms with Crippen LogP contribution in [0.25, 0.3) is 0 Å². The maximum atomic E-state index is 11.9. The zero-order valence-corrected chi connectivity index (χ0v) is 17.5. The minimum atomic E-state index is -0.248. The fourth-order valence-corrected chi connectivity index (χ4v) is 3.22. The van der Waals surface area contributed by atoms with Gasteiger partial charge in [0.1, 0.15) is 24.0 Å². The Morgan fingerprint density at radius 2 is 1.80 bits per heavy atom. The van der Waals surface area contributed by atoms with Crippen LogP contribution in [0.2, 0.25) is 0 Å². The van der Waals surface area contributed by atoms with Crippen LogP contribution in [-0.2, 0) is 4.79 Å². The quantitative estimate of drug-likeness (QED) is 0.500. The summed E-state index contributed by atoms with van der Waals surface area (Å²) >= 11 is 0. The number of rotatable bonds is 9. The number of ketones is 1. The lowest BCUT2D eigenvalue weighted by Crippen LogP contribution is -2.32. The van der Waals surface area contributed by atoms with Gasteiger partial charge in [-0.15, -0.1) is 0 Å². The number of ether oxygens (including phenoxy) is 2. The third-order valence-electron chi connectivity index (χ3n) is 4.79. The molecule has 0 atom stereocenters. The van der Waals surface area contributed by atoms with Crippen LogP contribution in [0.5, 0.6) is 11.6 Å². The lowest BCUT2D eigenvalue weighted by molar-refractivity contribution is -0.123. The lowest BCUT2D eigenvalue weighted by Gasteiger charge is -2.28. The number of benzene rings is 1. The van der Waals surface area contributed by atoms with Crippen molar-refractivity contribution in [2.45, 2.75) is 33.1 Å². The molecule has 1 fully saturated rings. The van der Waals surface area contributed by atoms with Gasteiger partial charge in [-0.1, -0.05) is 0 Å². The Morgan fingerprint density at radius 3 is 2.50 bits per heavy atom. The first-order valence-corrected chi connectivity index (χ1v) is 10.3. The third-order valence-corrected chi connectivity index (χ3v) is 4.79. The molecule has 1 aromatic heterocycles. The highest BCUT2D eigenvalue weighted by Gasteiger charge is 2.14. The van der Waals surface area contributed by atoms with Crippen LogP contribution in [0.1, 0.15) is 42.4 Å². The molecule has 3 rings (SSSR count). The number of piperidine rings is 1. The van der Waals surface area contributed by atoms with Crippen LogP contribution < -0.4 is 19.7 Å². The first-order valence-electron chi connectivity index (χ1n) is 10.3. The Hall–Kier alpha value is -3.16. The highest BCUT2D eigenvalue weighted by Crippen LogP contribution is 2.21. The van der Waals surface area contributed by atoms with Gasteiger partial charge in [0.2, 0.25) is 5.88 Å². The van der Waals surface area contributed by atoms with Crippen LogP contribution in [0.3, 0.4) is 0 Å². The predicted molar refractivity (Wildman–Crippen MR) is 113 cm³/mol. The number of aromatic nitrogens is 2. The minimum absolute atomic E-state index is 0.0128. The average molecular weight is 412 g/mol. The molecule has 0 spiro atoms. The summed E-state index contributed by atoms with van der Waals surface area (Å²) in [6.07, 6.45) is 3.61. The number of hydrogen-bond acceptors (Lipinski definition) is 7. The Bertz CT molecular complexity index is 864. The summed E-state index contributed by atoms with van der Waals surface area (Å²) in [5.41, 5.74) is 0.604. The molecule has 1 aromatic carbocycles. The van der Waals surface area contributed by atoms with E-state index in [9.17, 15) is 9.59 Å². The van der Waals surface area contributed by atoms with Crippen molar-refractivity contribution in [3.8, 4) is 11.6 Å². The maximum Gasteiger partial charge on any atom is 0.258 e. The lowest BCUT2D eigenvalue weighted by atomic mass is 10.1. The number of aryl methyl sites for hydroxylation is 1. The zero-order chi connectivity index (χ0) is 21.3. The molecular formula is C22H28N4O4. The number of carbonyl (C=O) groups is 2. The Morgan fingerprint density at radius 1 is 1.07 bits per heavy atom. The second kappa shape index (κ2) is 10.6. The van der Waals surface area contributed by atoms with E-state index in [1.165, 1.54) is 26.2 Å². The van der Waals surface area contributed by atoms with Gasteiger partial charge in [0.25, 0.3) is 5.91 Å². The van der Waals surface area contributed by atoms with Gasteiger partial charge in [0.05, 0.1) is 6.54 Å². The molecule has 0 unspecified atom stereocenters. The number of Topliss-reactive ketones (excluding diaryl/α,β-unsaturated/α-hetero) is 1. The van der Waals surface area contributed by atoms with Gasteiger partial charge in [-0.05, 0) is 57.4 Å². The van der Waals surface area contributed by atoms with Gasteiger partial charge < -0.3 is 19.7 Å². The number of anilines is 1. The number of hydrogen-bond donors (Lipinski definition) is 1. The molecule has 1 aliphatic heterocycles. The van der Waals surface area contributed by atoms with Crippen molar-refractivity contribution in [3.05, 3.63) is 41.7 Å². The van der Waals surface area contributed by atoms with Crippen molar-refractivity contribution in [1.82, 2.24) is 15.3 Å². The molecule has 1 saturated heterocycles. The molecule has 2 heterocycles. The molecule has 2 aromatic rings. The van der Waals surface area contributed by atoms with E-state index in [0.717, 1.165) is 18.9 Å². The van der Waals surface area contributed by atoms with E-state index in [2.05, 4.69) is 20.2 Å². The number of carbonyl (C=O) groups excluding carboxylic acids is 2. The zero-order valence-electron chi connectivity index (χ0n) is 17.5. The van der Waals surface area contributed by atoms with Crippen molar-refractivity contribution in [2.24, 2.45) is 0 Å². The van der Waals surface area contributed by atoms with Crippen LogP contribution in [0, 0.1) is 6.92 Å². The fourth-order valence-electron chi connectivity index (χ4n) is 3.22. The summed E-state index contributed by atoms with van der Waals surface area (Å²) in [5.74, 6) is 2.35. The van der Waals surface area contributed by atoms with Gasteiger partial charge in [-0.3, -0.25) is 9.59 Å². The largest absolute Gasteiger partial charge is 0.484 e. The van der Waals surface area contributed by atoms with Crippen molar-refractivity contribution in [2.75, 3.05) is 37.7 Å². The highest BCUT2D eigenvalue weighted by atomic mass is 16.5. The number of amides is 1. The van der Waals surface area contributed by atoms with Gasteiger partial charge in [0, 0.05) is 24.7 Å². The second-order valence-electron chi connectivity index (χ2n) is 7.23. The van der Waals surface area contributed by atoms with Crippen LogP contribution in [0.4, 0.5) is 5.82 Å². The molecule has 160 valence electrons. The summed E-state index contributed by atoms with van der Waals surface area (Å²) in [7, 11) is 0. The summed E-state index contributed by atoms with van der Waals surface area (Å²) in [6, 6.07) is 8.54. The Labute approximate surface area is 176 Å². The molecular weight excluding hydrogens is 384 g/mol. The van der Waals surface area contributed by atoms with E-state index in [4.69, 9.17) is 9.47 Å². The standard InChI is InChI=1S/C22H28N4O4/c1-16(27)18-6-8-19(9-7-18)30-15-21(28)23-10-13-29-22-14-20(24-17(2)25-22)26-11-4-3-5-12-26/h6-9,14H,3-5,10-13,15H2,1-2H3,(H,23,28). The summed E-state index contributed by atoms with van der Waals surface area (Å²) < 4.78 is 11.1. The topological polar surface area (TPSA) is 93.7 Å². The summed E-state index contributed by atoms with van der Waals surface area (Å²) in [5, 5.41) is 2.75. The van der Waals surface area contributed by atoms with E-state index in [-0.39, 0.29) is 18.3 Å². The van der Waals surface area contributed by atoms with Crippen molar-refractivity contribution >= 4 is 17.5 Å². The van der Waals surface area contributed by atoms with Gasteiger partial charge in [-0.2, -0.15) is 4.98 Å². The SMILES string of the molecule is CC(=O)c1ccc(OCC(=O)NCCOc2cc(N3CCCCC3)nc(C)n2)cc1. The van der Waals surface area contributed by atoms with E-state index >= 15 is 0 Å². The van der Waals surface area contributed by atoms with Crippen molar-refractivity contribution in [1.29, 1.82) is 0 Å². The van der Waals surface area contributed by atoms with Gasteiger partial charge in [0.15, 0.2) is 12.4 Å². The molecule has 8 nitrogen and oxygen atoms in total. The van der Waals surface area contributed by atoms with E-state index in [1.54, 1.807) is 24.3 Å². The first kappa shape index (κ1) is 21.5. The molecule has 0 radical (unpaired) electrons. The molecule has 0 aliphatic carbocycles. The Balaban J connectivity index is 1.39. The maximum absolute atomic E-state index is 11.9. The van der Waals surface area contributed by atoms with Crippen molar-refractivity contribution in [3.63, 3.8) is 0 Å². The normalized spacial score (nSPS) is 13.6. The van der Waals surface area contributed by atoms with Crippen LogP contribution in [-0.4, -0.2) is 54.5 Å². The summed E-state index contributed by atoms with van der Waals surface area (Å²) in [4.78, 5) is 34.3. The second-order valence-corrected chi connectivity index (χ2v) is 7.23. The molecule has 1 aliphatic rings. The molecule has 1 amide bonds. The molecule has 8 heteroatoms. The highest BCUT2D eigenvalue weighted by molar-refractivity contribution is 5.94. The molecule has 1 N–H and O–H groups in total. The van der Waals surface area contributed by atoms with Crippen LogP contribution in [0.15, 0.2) is 30.3 Å². The van der Waals surface area contributed by atoms with Gasteiger partial charge in [-0.25, -0.2) is 4.98 Å². The van der Waals surface area contributed by atoms with E-state index in [1.807, 2.05) is 13.0 Å². The monoisotopic (exact) mass is 412 g/mol.